The van der Waals surface area contributed by atoms with E-state index in [-0.39, 0.29) is 30.9 Å². The van der Waals surface area contributed by atoms with Crippen molar-refractivity contribution < 1.29 is 23.8 Å². The van der Waals surface area contributed by atoms with Crippen molar-refractivity contribution >= 4 is 27.7 Å². The van der Waals surface area contributed by atoms with Gasteiger partial charge in [0.25, 0.3) is 5.91 Å². The second-order valence-electron chi connectivity index (χ2n) is 9.33. The zero-order valence-corrected chi connectivity index (χ0v) is 23.9. The summed E-state index contributed by atoms with van der Waals surface area (Å²) in [6.45, 7) is 4.58. The van der Waals surface area contributed by atoms with Crippen LogP contribution >= 0.6 is 15.9 Å². The first-order valence-corrected chi connectivity index (χ1v) is 13.3. The second-order valence-corrected chi connectivity index (χ2v) is 10.2. The van der Waals surface area contributed by atoms with Gasteiger partial charge in [-0.15, -0.1) is 0 Å². The molecule has 3 aromatic carbocycles. The number of nitrogens with zero attached hydrogens (tertiary/aromatic N) is 1. The van der Waals surface area contributed by atoms with Crippen LogP contribution in [-0.2, 0) is 22.6 Å². The number of carbonyl (C=O) groups excluding carboxylic acids is 2. The summed E-state index contributed by atoms with van der Waals surface area (Å²) in [5, 5.41) is 3.02. The van der Waals surface area contributed by atoms with Crippen molar-refractivity contribution in [3.05, 3.63) is 88.4 Å². The van der Waals surface area contributed by atoms with Gasteiger partial charge >= 0.3 is 0 Å². The molecular formula is C30H35BrN2O5. The number of rotatable bonds is 13. The molecule has 0 saturated heterocycles. The number of ether oxygens (including phenoxy) is 3. The third kappa shape index (κ3) is 8.80. The summed E-state index contributed by atoms with van der Waals surface area (Å²) in [5.74, 6) is 1.29. The molecule has 0 aromatic heterocycles. The number of methoxy groups -OCH3 is 2. The number of hydrogen-bond acceptors (Lipinski definition) is 5. The van der Waals surface area contributed by atoms with Crippen molar-refractivity contribution in [2.24, 2.45) is 5.92 Å². The fourth-order valence-electron chi connectivity index (χ4n) is 3.90. The van der Waals surface area contributed by atoms with Gasteiger partial charge in [0.1, 0.15) is 23.3 Å². The largest absolute Gasteiger partial charge is 0.496 e. The molecule has 0 aliphatic rings. The quantitative estimate of drug-likeness (QED) is 0.297. The van der Waals surface area contributed by atoms with E-state index in [2.05, 4.69) is 21.2 Å². The molecular weight excluding hydrogens is 548 g/mol. The van der Waals surface area contributed by atoms with Gasteiger partial charge in [0.2, 0.25) is 5.91 Å². The van der Waals surface area contributed by atoms with Crippen molar-refractivity contribution in [1.29, 1.82) is 0 Å². The normalized spacial score (nSPS) is 11.5. The number of nitrogens with one attached hydrogen (secondary N) is 1. The molecule has 202 valence electrons. The Morgan fingerprint density at radius 3 is 2.11 bits per heavy atom. The smallest absolute Gasteiger partial charge is 0.261 e. The monoisotopic (exact) mass is 582 g/mol. The van der Waals surface area contributed by atoms with Crippen LogP contribution in [0.1, 0.15) is 25.0 Å². The molecule has 0 fully saturated rings. The molecule has 1 N–H and O–H groups in total. The van der Waals surface area contributed by atoms with Crippen molar-refractivity contribution in [1.82, 2.24) is 10.2 Å². The maximum absolute atomic E-state index is 13.7. The predicted octanol–water partition coefficient (Wildman–Crippen LogP) is 5.26. The topological polar surface area (TPSA) is 77.1 Å². The van der Waals surface area contributed by atoms with Gasteiger partial charge in [0.05, 0.1) is 14.2 Å². The molecule has 38 heavy (non-hydrogen) atoms. The van der Waals surface area contributed by atoms with E-state index in [1.165, 1.54) is 0 Å². The Kier molecular flexibility index (Phi) is 11.0. The number of hydrogen-bond donors (Lipinski definition) is 1. The maximum Gasteiger partial charge on any atom is 0.261 e. The number of amides is 2. The number of halogens is 1. The lowest BCUT2D eigenvalue weighted by molar-refractivity contribution is -0.142. The summed E-state index contributed by atoms with van der Waals surface area (Å²) in [7, 11) is 3.10. The molecule has 0 bridgehead atoms. The van der Waals surface area contributed by atoms with Gasteiger partial charge in [-0.25, -0.2) is 0 Å². The van der Waals surface area contributed by atoms with E-state index in [4.69, 9.17) is 14.2 Å². The van der Waals surface area contributed by atoms with Gasteiger partial charge in [-0.2, -0.15) is 0 Å². The van der Waals surface area contributed by atoms with Gasteiger partial charge in [-0.1, -0.05) is 72.2 Å². The van der Waals surface area contributed by atoms with Crippen LogP contribution < -0.4 is 19.5 Å². The van der Waals surface area contributed by atoms with E-state index < -0.39 is 6.04 Å². The van der Waals surface area contributed by atoms with Crippen LogP contribution in [0.3, 0.4) is 0 Å². The second kappa shape index (κ2) is 14.4. The molecule has 0 aliphatic carbocycles. The van der Waals surface area contributed by atoms with E-state index in [1.54, 1.807) is 37.3 Å². The van der Waals surface area contributed by atoms with Gasteiger partial charge in [-0.3, -0.25) is 9.59 Å². The summed E-state index contributed by atoms with van der Waals surface area (Å²) >= 11 is 3.51. The first-order chi connectivity index (χ1) is 18.3. The van der Waals surface area contributed by atoms with Gasteiger partial charge < -0.3 is 24.4 Å². The highest BCUT2D eigenvalue weighted by molar-refractivity contribution is 9.10. The van der Waals surface area contributed by atoms with Crippen molar-refractivity contribution in [2.45, 2.75) is 32.9 Å². The van der Waals surface area contributed by atoms with Crippen molar-refractivity contribution in [2.75, 3.05) is 27.4 Å². The minimum atomic E-state index is -0.730. The highest BCUT2D eigenvalue weighted by Crippen LogP contribution is 2.27. The summed E-state index contributed by atoms with van der Waals surface area (Å²) in [5.41, 5.74) is 1.85. The highest BCUT2D eigenvalue weighted by Gasteiger charge is 2.31. The zero-order valence-electron chi connectivity index (χ0n) is 22.3. The first-order valence-electron chi connectivity index (χ1n) is 12.5. The molecule has 0 spiro atoms. The standard InChI is InChI=1S/C30H35BrN2O5/c1-21(2)18-32-30(35)28(14-22-9-6-5-7-10-22)33(19-23-11-8-12-24(31)13-23)29(34)20-38-27-16-25(36-3)15-26(17-27)37-4/h5-13,15-17,21,28H,14,18-20H2,1-4H3,(H,32,35). The molecule has 1 unspecified atom stereocenters. The lowest BCUT2D eigenvalue weighted by Gasteiger charge is -2.31. The van der Waals surface area contributed by atoms with Crippen molar-refractivity contribution in [3.8, 4) is 17.2 Å². The Morgan fingerprint density at radius 2 is 1.50 bits per heavy atom. The minimum absolute atomic E-state index is 0.200. The van der Waals surface area contributed by atoms with Crippen molar-refractivity contribution in [3.63, 3.8) is 0 Å². The SMILES string of the molecule is COc1cc(OC)cc(OCC(=O)N(Cc2cccc(Br)c2)C(Cc2ccccc2)C(=O)NCC(C)C)c1. The van der Waals surface area contributed by atoms with E-state index in [1.807, 2.05) is 68.4 Å². The highest BCUT2D eigenvalue weighted by atomic mass is 79.9. The zero-order chi connectivity index (χ0) is 27.5. The Morgan fingerprint density at radius 1 is 0.868 bits per heavy atom. The summed E-state index contributed by atoms with van der Waals surface area (Å²) in [6.07, 6.45) is 0.373. The fourth-order valence-corrected chi connectivity index (χ4v) is 4.35. The Bertz CT molecular complexity index is 1180. The number of benzene rings is 3. The molecule has 7 nitrogen and oxygen atoms in total. The Labute approximate surface area is 233 Å². The first kappa shape index (κ1) is 29.0. The van der Waals surface area contributed by atoms with Gasteiger partial charge in [-0.05, 0) is 29.2 Å². The summed E-state index contributed by atoms with van der Waals surface area (Å²) in [4.78, 5) is 28.8. The van der Waals surface area contributed by atoms with Crippen LogP contribution in [-0.4, -0.2) is 50.1 Å². The maximum atomic E-state index is 13.7. The van der Waals surface area contributed by atoms with E-state index in [9.17, 15) is 9.59 Å². The van der Waals surface area contributed by atoms with Crippen LogP contribution in [0.25, 0.3) is 0 Å². The minimum Gasteiger partial charge on any atom is -0.496 e. The molecule has 1 atom stereocenters. The van der Waals surface area contributed by atoms with Crippen LogP contribution in [0, 0.1) is 5.92 Å². The fraction of sp³-hybridized carbons (Fsp3) is 0.333. The van der Waals surface area contributed by atoms with E-state index in [0.29, 0.717) is 30.2 Å². The molecule has 3 aromatic rings. The van der Waals surface area contributed by atoms with Crippen LogP contribution in [0.5, 0.6) is 17.2 Å². The third-order valence-electron chi connectivity index (χ3n) is 5.88. The van der Waals surface area contributed by atoms with Crippen LogP contribution in [0.4, 0.5) is 0 Å². The van der Waals surface area contributed by atoms with Gasteiger partial charge in [0.15, 0.2) is 6.61 Å². The third-order valence-corrected chi connectivity index (χ3v) is 6.38. The average molecular weight is 584 g/mol. The molecule has 0 saturated carbocycles. The molecule has 0 radical (unpaired) electrons. The predicted molar refractivity (Wildman–Crippen MR) is 152 cm³/mol. The van der Waals surface area contributed by atoms with Gasteiger partial charge in [0, 0.05) is 42.2 Å². The number of carbonyl (C=O) groups is 2. The van der Waals surface area contributed by atoms with Crippen LogP contribution in [0.15, 0.2) is 77.3 Å². The summed E-state index contributed by atoms with van der Waals surface area (Å²) in [6, 6.07) is 21.8. The Balaban J connectivity index is 1.91. The molecule has 3 rings (SSSR count). The van der Waals surface area contributed by atoms with E-state index in [0.717, 1.165) is 15.6 Å². The molecule has 2 amide bonds. The molecule has 0 aliphatic heterocycles. The van der Waals surface area contributed by atoms with E-state index >= 15 is 0 Å². The Hall–Kier alpha value is -3.52. The molecule has 8 heteroatoms. The molecule has 0 heterocycles. The lowest BCUT2D eigenvalue weighted by atomic mass is 10.0. The summed E-state index contributed by atoms with van der Waals surface area (Å²) < 4.78 is 17.4. The lowest BCUT2D eigenvalue weighted by Crippen LogP contribution is -2.52. The van der Waals surface area contributed by atoms with Crippen LogP contribution in [0.2, 0.25) is 0 Å². The average Bonchev–Trinajstić information content (AvgIpc) is 2.92.